The average Bonchev–Trinajstić information content (AvgIpc) is 2.38. The van der Waals surface area contributed by atoms with Gasteiger partial charge in [0.1, 0.15) is 17.3 Å². The number of halogens is 1. The first-order valence-electron chi connectivity index (χ1n) is 5.45. The first-order chi connectivity index (χ1) is 8.91. The monoisotopic (exact) mass is 305 g/mol. The van der Waals surface area contributed by atoms with E-state index in [9.17, 15) is 13.2 Å². The molecule has 0 aromatic heterocycles. The van der Waals surface area contributed by atoms with Gasteiger partial charge in [-0.2, -0.15) is 0 Å². The fourth-order valence-corrected chi connectivity index (χ4v) is 2.87. The van der Waals surface area contributed by atoms with Crippen LogP contribution in [0.25, 0.3) is 0 Å². The van der Waals surface area contributed by atoms with E-state index in [4.69, 9.17) is 20.2 Å². The summed E-state index contributed by atoms with van der Waals surface area (Å²) in [7, 11) is 2.83. The Bertz CT molecular complexity index is 591. The summed E-state index contributed by atoms with van der Waals surface area (Å²) in [6.07, 6.45) is -0.477. The SMILES string of the molecule is COc1ccc(C2CNC(=O)OC2)cc1S(=O)(=O)Cl. The molecule has 1 heterocycles. The van der Waals surface area contributed by atoms with Crippen molar-refractivity contribution in [3.05, 3.63) is 23.8 Å². The third-order valence-electron chi connectivity index (χ3n) is 2.83. The highest BCUT2D eigenvalue weighted by molar-refractivity contribution is 8.13. The maximum absolute atomic E-state index is 11.5. The number of alkyl carbamates (subject to hydrolysis) is 1. The number of carbonyl (C=O) groups excluding carboxylic acids is 1. The van der Waals surface area contributed by atoms with Gasteiger partial charge in [0.05, 0.1) is 7.11 Å². The molecule has 1 aromatic rings. The molecule has 0 saturated carbocycles. The van der Waals surface area contributed by atoms with Gasteiger partial charge in [0.15, 0.2) is 0 Å². The van der Waals surface area contributed by atoms with E-state index in [0.717, 1.165) is 0 Å². The third kappa shape index (κ3) is 3.10. The van der Waals surface area contributed by atoms with E-state index < -0.39 is 15.1 Å². The third-order valence-corrected chi connectivity index (χ3v) is 4.17. The minimum atomic E-state index is -3.90. The van der Waals surface area contributed by atoms with Gasteiger partial charge < -0.3 is 14.8 Å². The van der Waals surface area contributed by atoms with Crippen LogP contribution >= 0.6 is 10.7 Å². The number of hydrogen-bond donors (Lipinski definition) is 1. The van der Waals surface area contributed by atoms with E-state index in [2.05, 4.69) is 5.32 Å². The van der Waals surface area contributed by atoms with Gasteiger partial charge in [0.25, 0.3) is 9.05 Å². The predicted molar refractivity (Wildman–Crippen MR) is 68.1 cm³/mol. The van der Waals surface area contributed by atoms with Crippen molar-refractivity contribution in [1.82, 2.24) is 5.32 Å². The molecule has 1 aliphatic rings. The lowest BCUT2D eigenvalue weighted by molar-refractivity contribution is 0.120. The number of ether oxygens (including phenoxy) is 2. The van der Waals surface area contributed by atoms with Crippen molar-refractivity contribution >= 4 is 25.8 Å². The Balaban J connectivity index is 2.36. The van der Waals surface area contributed by atoms with Crippen molar-refractivity contribution in [1.29, 1.82) is 0 Å². The molecular formula is C11H12ClNO5S. The van der Waals surface area contributed by atoms with Crippen molar-refractivity contribution in [3.63, 3.8) is 0 Å². The molecule has 0 bridgehead atoms. The molecule has 19 heavy (non-hydrogen) atoms. The highest BCUT2D eigenvalue weighted by atomic mass is 35.7. The van der Waals surface area contributed by atoms with Crippen molar-refractivity contribution in [2.45, 2.75) is 10.8 Å². The molecule has 1 fully saturated rings. The Kier molecular flexibility index (Phi) is 3.86. The second-order valence-electron chi connectivity index (χ2n) is 4.02. The summed E-state index contributed by atoms with van der Waals surface area (Å²) >= 11 is 0. The molecule has 0 aliphatic carbocycles. The van der Waals surface area contributed by atoms with Crippen LogP contribution in [0.5, 0.6) is 5.75 Å². The Morgan fingerprint density at radius 2 is 2.21 bits per heavy atom. The zero-order chi connectivity index (χ0) is 14.0. The van der Waals surface area contributed by atoms with Crippen LogP contribution in [0.4, 0.5) is 4.79 Å². The molecule has 1 amide bonds. The van der Waals surface area contributed by atoms with E-state index in [1.54, 1.807) is 6.07 Å². The summed E-state index contributed by atoms with van der Waals surface area (Å²) in [5, 5.41) is 2.54. The van der Waals surface area contributed by atoms with Crippen molar-refractivity contribution in [2.75, 3.05) is 20.3 Å². The number of hydrogen-bond acceptors (Lipinski definition) is 5. The standard InChI is InChI=1S/C11H12ClNO5S/c1-17-9-3-2-7(4-10(9)19(12,15)16)8-5-13-11(14)18-6-8/h2-4,8H,5-6H2,1H3,(H,13,14). The van der Waals surface area contributed by atoms with Gasteiger partial charge in [-0.05, 0) is 17.7 Å². The topological polar surface area (TPSA) is 81.7 Å². The van der Waals surface area contributed by atoms with Crippen LogP contribution in [0.2, 0.25) is 0 Å². The minimum absolute atomic E-state index is 0.0916. The van der Waals surface area contributed by atoms with Crippen LogP contribution in [-0.2, 0) is 13.8 Å². The quantitative estimate of drug-likeness (QED) is 0.855. The maximum Gasteiger partial charge on any atom is 0.407 e. The van der Waals surface area contributed by atoms with Gasteiger partial charge in [-0.25, -0.2) is 13.2 Å². The lowest BCUT2D eigenvalue weighted by atomic mass is 9.99. The molecule has 1 aliphatic heterocycles. The van der Waals surface area contributed by atoms with Gasteiger partial charge in [0, 0.05) is 23.1 Å². The number of nitrogens with one attached hydrogen (secondary N) is 1. The second-order valence-corrected chi connectivity index (χ2v) is 6.56. The highest BCUT2D eigenvalue weighted by Crippen LogP contribution is 2.30. The predicted octanol–water partition coefficient (Wildman–Crippen LogP) is 1.45. The van der Waals surface area contributed by atoms with E-state index in [1.807, 2.05) is 0 Å². The average molecular weight is 306 g/mol. The fourth-order valence-electron chi connectivity index (χ4n) is 1.84. The molecule has 1 unspecified atom stereocenters. The fraction of sp³-hybridized carbons (Fsp3) is 0.364. The number of carbonyl (C=O) groups is 1. The number of amides is 1. The Morgan fingerprint density at radius 3 is 2.74 bits per heavy atom. The zero-order valence-electron chi connectivity index (χ0n) is 10.1. The van der Waals surface area contributed by atoms with Crippen LogP contribution in [-0.4, -0.2) is 34.8 Å². The molecule has 0 radical (unpaired) electrons. The zero-order valence-corrected chi connectivity index (χ0v) is 11.6. The molecule has 104 valence electrons. The first kappa shape index (κ1) is 14.0. The smallest absolute Gasteiger partial charge is 0.407 e. The summed E-state index contributed by atoms with van der Waals surface area (Å²) in [5.41, 5.74) is 0.708. The molecular weight excluding hydrogens is 294 g/mol. The Labute approximate surface area is 115 Å². The Morgan fingerprint density at radius 1 is 1.47 bits per heavy atom. The maximum atomic E-state index is 11.5. The first-order valence-corrected chi connectivity index (χ1v) is 7.76. The molecule has 8 heteroatoms. The number of benzene rings is 1. The van der Waals surface area contributed by atoms with E-state index >= 15 is 0 Å². The molecule has 1 N–H and O–H groups in total. The molecule has 0 spiro atoms. The van der Waals surface area contributed by atoms with E-state index in [1.165, 1.54) is 19.2 Å². The number of methoxy groups -OCH3 is 1. The molecule has 6 nitrogen and oxygen atoms in total. The summed E-state index contributed by atoms with van der Waals surface area (Å²) in [6.45, 7) is 0.576. The van der Waals surface area contributed by atoms with E-state index in [0.29, 0.717) is 12.1 Å². The van der Waals surface area contributed by atoms with Crippen molar-refractivity contribution < 1.29 is 22.7 Å². The molecule has 1 saturated heterocycles. The largest absolute Gasteiger partial charge is 0.495 e. The van der Waals surface area contributed by atoms with Crippen LogP contribution < -0.4 is 10.1 Å². The van der Waals surface area contributed by atoms with Crippen LogP contribution in [0.3, 0.4) is 0 Å². The van der Waals surface area contributed by atoms with Crippen molar-refractivity contribution in [3.8, 4) is 5.75 Å². The van der Waals surface area contributed by atoms with Gasteiger partial charge in [-0.1, -0.05) is 6.07 Å². The lowest BCUT2D eigenvalue weighted by Gasteiger charge is -2.23. The lowest BCUT2D eigenvalue weighted by Crippen LogP contribution is -2.37. The summed E-state index contributed by atoms with van der Waals surface area (Å²) in [6, 6.07) is 4.68. The van der Waals surface area contributed by atoms with Crippen molar-refractivity contribution in [2.24, 2.45) is 0 Å². The van der Waals surface area contributed by atoms with Crippen LogP contribution in [0.1, 0.15) is 11.5 Å². The molecule has 2 rings (SSSR count). The van der Waals surface area contributed by atoms with Gasteiger partial charge in [0.2, 0.25) is 0 Å². The van der Waals surface area contributed by atoms with Gasteiger partial charge in [-0.3, -0.25) is 0 Å². The summed E-state index contributed by atoms with van der Waals surface area (Å²) < 4.78 is 32.8. The van der Waals surface area contributed by atoms with Crippen LogP contribution in [0.15, 0.2) is 23.1 Å². The second kappa shape index (κ2) is 5.26. The minimum Gasteiger partial charge on any atom is -0.495 e. The highest BCUT2D eigenvalue weighted by Gasteiger charge is 2.24. The summed E-state index contributed by atoms with van der Waals surface area (Å²) in [4.78, 5) is 10.8. The molecule has 1 atom stereocenters. The van der Waals surface area contributed by atoms with Gasteiger partial charge >= 0.3 is 6.09 Å². The number of cyclic esters (lactones) is 1. The molecule has 1 aromatic carbocycles. The Hall–Kier alpha value is -1.47. The van der Waals surface area contributed by atoms with E-state index in [-0.39, 0.29) is 23.2 Å². The number of rotatable bonds is 3. The summed E-state index contributed by atoms with van der Waals surface area (Å²) in [5.74, 6) is 0.0558. The van der Waals surface area contributed by atoms with Gasteiger partial charge in [-0.15, -0.1) is 0 Å². The normalized spacial score (nSPS) is 19.5. The van der Waals surface area contributed by atoms with Crippen LogP contribution in [0, 0.1) is 0 Å².